The van der Waals surface area contributed by atoms with Gasteiger partial charge in [-0.15, -0.1) is 0 Å². The first-order valence-electron chi connectivity index (χ1n) is 11.9. The van der Waals surface area contributed by atoms with Crippen LogP contribution >= 0.6 is 11.6 Å². The Labute approximate surface area is 219 Å². The Morgan fingerprint density at radius 3 is 2.46 bits per heavy atom. The van der Waals surface area contributed by atoms with Gasteiger partial charge in [0, 0.05) is 23.2 Å². The van der Waals surface area contributed by atoms with Gasteiger partial charge in [0.2, 0.25) is 11.8 Å². The lowest BCUT2D eigenvalue weighted by atomic mass is 9.99. The van der Waals surface area contributed by atoms with Crippen LogP contribution in [0.3, 0.4) is 0 Å². The second-order valence-corrected chi connectivity index (χ2v) is 9.56. The van der Waals surface area contributed by atoms with E-state index in [9.17, 15) is 18.8 Å². The molecule has 2 N–H and O–H groups in total. The summed E-state index contributed by atoms with van der Waals surface area (Å²) in [5.74, 6) is -1.18. The van der Waals surface area contributed by atoms with Crippen molar-refractivity contribution in [1.82, 2.24) is 10.2 Å². The number of rotatable bonds is 8. The highest BCUT2D eigenvalue weighted by molar-refractivity contribution is 6.30. The molecule has 1 saturated heterocycles. The van der Waals surface area contributed by atoms with Crippen LogP contribution in [0.25, 0.3) is 0 Å². The number of cyclic esters (lactones) is 1. The summed E-state index contributed by atoms with van der Waals surface area (Å²) in [6, 6.07) is 18.7. The summed E-state index contributed by atoms with van der Waals surface area (Å²) < 4.78 is 19.0. The maximum atomic E-state index is 13.5. The number of anilines is 1. The van der Waals surface area contributed by atoms with E-state index in [1.165, 1.54) is 17.0 Å². The molecule has 3 aromatic carbocycles. The first kappa shape index (κ1) is 26.2. The molecule has 4 rings (SSSR count). The van der Waals surface area contributed by atoms with Crippen molar-refractivity contribution >= 4 is 35.2 Å². The second-order valence-electron chi connectivity index (χ2n) is 9.12. The van der Waals surface area contributed by atoms with Crippen molar-refractivity contribution in [3.05, 3.63) is 100 Å². The molecular weight excluding hydrogens is 497 g/mol. The second kappa shape index (κ2) is 11.4. The lowest BCUT2D eigenvalue weighted by Crippen LogP contribution is -2.46. The standard InChI is InChI=1S/C28H27ClFN3O4/c1-17(2)26(34)32-23-8-4-6-20(14-23)25-24(27(35)31-15-18-9-11-22(30)12-10-18)33(28(36)37-25)16-19-5-3-7-21(29)13-19/h3-14,17,24-25H,15-16H2,1-2H3,(H,31,35)(H,32,34)/t24-,25-/m0/s1. The van der Waals surface area contributed by atoms with E-state index < -0.39 is 24.1 Å². The van der Waals surface area contributed by atoms with Crippen LogP contribution in [0, 0.1) is 11.7 Å². The molecule has 0 radical (unpaired) electrons. The molecule has 0 spiro atoms. The third-order valence-electron chi connectivity index (χ3n) is 5.98. The smallest absolute Gasteiger partial charge is 0.411 e. The zero-order valence-corrected chi connectivity index (χ0v) is 21.2. The largest absolute Gasteiger partial charge is 0.438 e. The zero-order chi connectivity index (χ0) is 26.5. The SMILES string of the molecule is CC(C)C(=O)Nc1cccc([C@@H]2OC(=O)N(Cc3cccc(Cl)c3)[C@@H]2C(=O)NCc2ccc(F)cc2)c1. The Morgan fingerprint density at radius 2 is 1.76 bits per heavy atom. The normalized spacial score (nSPS) is 17.0. The van der Waals surface area contributed by atoms with Crippen LogP contribution in [-0.2, 0) is 27.4 Å². The van der Waals surface area contributed by atoms with Crippen molar-refractivity contribution in [2.45, 2.75) is 39.1 Å². The topological polar surface area (TPSA) is 87.7 Å². The third-order valence-corrected chi connectivity index (χ3v) is 6.22. The van der Waals surface area contributed by atoms with E-state index in [-0.39, 0.29) is 30.7 Å². The van der Waals surface area contributed by atoms with Gasteiger partial charge >= 0.3 is 6.09 Å². The monoisotopic (exact) mass is 523 g/mol. The molecule has 192 valence electrons. The van der Waals surface area contributed by atoms with Crippen LogP contribution in [0.5, 0.6) is 0 Å². The van der Waals surface area contributed by atoms with E-state index in [4.69, 9.17) is 16.3 Å². The Bertz CT molecular complexity index is 1300. The number of hydrogen-bond donors (Lipinski definition) is 2. The van der Waals surface area contributed by atoms with E-state index in [1.54, 1.807) is 68.4 Å². The van der Waals surface area contributed by atoms with E-state index in [0.717, 1.165) is 5.56 Å². The van der Waals surface area contributed by atoms with Crippen LogP contribution in [0.2, 0.25) is 5.02 Å². The van der Waals surface area contributed by atoms with Crippen LogP contribution < -0.4 is 10.6 Å². The lowest BCUT2D eigenvalue weighted by molar-refractivity contribution is -0.126. The minimum atomic E-state index is -0.997. The highest BCUT2D eigenvalue weighted by atomic mass is 35.5. The van der Waals surface area contributed by atoms with Gasteiger partial charge in [0.1, 0.15) is 5.82 Å². The molecule has 0 saturated carbocycles. The predicted octanol–water partition coefficient (Wildman–Crippen LogP) is 5.45. The van der Waals surface area contributed by atoms with Crippen molar-refractivity contribution in [1.29, 1.82) is 0 Å². The molecular formula is C28H27ClFN3O4. The maximum absolute atomic E-state index is 13.5. The predicted molar refractivity (Wildman–Crippen MR) is 138 cm³/mol. The van der Waals surface area contributed by atoms with Gasteiger partial charge in [-0.3, -0.25) is 14.5 Å². The molecule has 7 nitrogen and oxygen atoms in total. The summed E-state index contributed by atoms with van der Waals surface area (Å²) in [6.45, 7) is 3.82. The lowest BCUT2D eigenvalue weighted by Gasteiger charge is -2.24. The third kappa shape index (κ3) is 6.46. The highest BCUT2D eigenvalue weighted by Gasteiger charge is 2.47. The first-order valence-corrected chi connectivity index (χ1v) is 12.2. The number of halogens is 2. The number of nitrogens with one attached hydrogen (secondary N) is 2. The summed E-state index contributed by atoms with van der Waals surface area (Å²) in [4.78, 5) is 40.0. The van der Waals surface area contributed by atoms with Crippen molar-refractivity contribution in [3.8, 4) is 0 Å². The Morgan fingerprint density at radius 1 is 1.03 bits per heavy atom. The first-order chi connectivity index (χ1) is 17.7. The molecule has 0 unspecified atom stereocenters. The summed E-state index contributed by atoms with van der Waals surface area (Å²) >= 11 is 6.12. The van der Waals surface area contributed by atoms with Gasteiger partial charge in [0.15, 0.2) is 12.1 Å². The van der Waals surface area contributed by atoms with Crippen molar-refractivity contribution in [2.75, 3.05) is 5.32 Å². The van der Waals surface area contributed by atoms with Crippen molar-refractivity contribution < 1.29 is 23.5 Å². The molecule has 2 atom stereocenters. The number of hydrogen-bond acceptors (Lipinski definition) is 4. The minimum absolute atomic E-state index is 0.105. The molecule has 3 aromatic rings. The maximum Gasteiger partial charge on any atom is 0.411 e. The Hall–Kier alpha value is -3.91. The highest BCUT2D eigenvalue weighted by Crippen LogP contribution is 2.35. The van der Waals surface area contributed by atoms with E-state index >= 15 is 0 Å². The van der Waals surface area contributed by atoms with Crippen LogP contribution in [-0.4, -0.2) is 28.8 Å². The Balaban J connectivity index is 1.62. The van der Waals surface area contributed by atoms with Gasteiger partial charge in [-0.25, -0.2) is 9.18 Å². The number of carbonyl (C=O) groups excluding carboxylic acids is 3. The van der Waals surface area contributed by atoms with E-state index in [2.05, 4.69) is 10.6 Å². The number of benzene rings is 3. The fourth-order valence-electron chi connectivity index (χ4n) is 4.02. The molecule has 1 heterocycles. The van der Waals surface area contributed by atoms with Gasteiger partial charge in [-0.1, -0.05) is 61.8 Å². The van der Waals surface area contributed by atoms with E-state index in [1.807, 2.05) is 6.07 Å². The van der Waals surface area contributed by atoms with E-state index in [0.29, 0.717) is 21.8 Å². The summed E-state index contributed by atoms with van der Waals surface area (Å²) in [5.41, 5.74) is 2.53. The Kier molecular flexibility index (Phi) is 8.08. The molecule has 0 bridgehead atoms. The molecule has 0 aliphatic carbocycles. The number of amides is 3. The van der Waals surface area contributed by atoms with Crippen LogP contribution in [0.1, 0.15) is 36.6 Å². The average molecular weight is 524 g/mol. The molecule has 3 amide bonds. The van der Waals surface area contributed by atoms with Crippen molar-refractivity contribution in [3.63, 3.8) is 0 Å². The van der Waals surface area contributed by atoms with Crippen LogP contribution in [0.4, 0.5) is 14.9 Å². The zero-order valence-electron chi connectivity index (χ0n) is 20.4. The molecule has 1 fully saturated rings. The fraction of sp³-hybridized carbons (Fsp3) is 0.250. The number of ether oxygens (including phenoxy) is 1. The number of carbonyl (C=O) groups is 3. The quantitative estimate of drug-likeness (QED) is 0.411. The fourth-order valence-corrected chi connectivity index (χ4v) is 4.23. The molecule has 1 aliphatic heterocycles. The van der Waals surface area contributed by atoms with Crippen molar-refractivity contribution in [2.24, 2.45) is 5.92 Å². The van der Waals surface area contributed by atoms with Gasteiger partial charge < -0.3 is 15.4 Å². The molecule has 1 aliphatic rings. The summed E-state index contributed by atoms with van der Waals surface area (Å²) in [7, 11) is 0. The van der Waals surface area contributed by atoms with Gasteiger partial charge in [-0.05, 0) is 53.1 Å². The molecule has 9 heteroatoms. The molecule has 0 aromatic heterocycles. The summed E-state index contributed by atoms with van der Waals surface area (Å²) in [6.07, 6.45) is -1.57. The average Bonchev–Trinajstić information content (AvgIpc) is 3.19. The minimum Gasteiger partial charge on any atom is -0.438 e. The molecule has 37 heavy (non-hydrogen) atoms. The van der Waals surface area contributed by atoms with Crippen LogP contribution in [0.15, 0.2) is 72.8 Å². The van der Waals surface area contributed by atoms with Gasteiger partial charge in [0.05, 0.1) is 6.54 Å². The summed E-state index contributed by atoms with van der Waals surface area (Å²) in [5, 5.41) is 6.18. The van der Waals surface area contributed by atoms with Gasteiger partial charge in [0.25, 0.3) is 0 Å². The number of nitrogens with zero attached hydrogens (tertiary/aromatic N) is 1. The van der Waals surface area contributed by atoms with Gasteiger partial charge in [-0.2, -0.15) is 0 Å².